The van der Waals surface area contributed by atoms with Crippen molar-refractivity contribution >= 4 is 11.5 Å². The largest absolute Gasteiger partial charge is 0.380 e. The SMILES string of the molecule is CC(=O)c1ccccc1NCc1cccc(F)c1. The van der Waals surface area contributed by atoms with Crippen molar-refractivity contribution in [1.82, 2.24) is 0 Å². The summed E-state index contributed by atoms with van der Waals surface area (Å²) in [5, 5.41) is 3.15. The molecule has 0 amide bonds. The highest BCUT2D eigenvalue weighted by atomic mass is 19.1. The van der Waals surface area contributed by atoms with Crippen LogP contribution in [0.4, 0.5) is 10.1 Å². The molecule has 3 heteroatoms. The third kappa shape index (κ3) is 2.94. The number of carbonyl (C=O) groups excluding carboxylic acids is 1. The van der Waals surface area contributed by atoms with E-state index in [0.717, 1.165) is 11.3 Å². The number of hydrogen-bond acceptors (Lipinski definition) is 2. The van der Waals surface area contributed by atoms with Crippen LogP contribution in [-0.2, 0) is 6.54 Å². The second-order valence-corrected chi connectivity index (χ2v) is 4.09. The van der Waals surface area contributed by atoms with Crippen molar-refractivity contribution in [3.8, 4) is 0 Å². The molecule has 0 atom stereocenters. The molecule has 1 N–H and O–H groups in total. The van der Waals surface area contributed by atoms with E-state index in [9.17, 15) is 9.18 Å². The van der Waals surface area contributed by atoms with E-state index >= 15 is 0 Å². The van der Waals surface area contributed by atoms with Gasteiger partial charge in [-0.1, -0.05) is 24.3 Å². The molecule has 0 radical (unpaired) electrons. The molecule has 2 aromatic carbocycles. The first kappa shape index (κ1) is 12.3. The number of halogens is 1. The summed E-state index contributed by atoms with van der Waals surface area (Å²) in [6.07, 6.45) is 0. The van der Waals surface area contributed by atoms with E-state index in [0.29, 0.717) is 12.1 Å². The van der Waals surface area contributed by atoms with Crippen LogP contribution < -0.4 is 5.32 Å². The topological polar surface area (TPSA) is 29.1 Å². The number of ketones is 1. The lowest BCUT2D eigenvalue weighted by molar-refractivity contribution is 0.101. The lowest BCUT2D eigenvalue weighted by atomic mass is 10.1. The minimum Gasteiger partial charge on any atom is -0.380 e. The Kier molecular flexibility index (Phi) is 3.72. The first-order valence-electron chi connectivity index (χ1n) is 5.75. The van der Waals surface area contributed by atoms with Crippen LogP contribution in [0, 0.1) is 5.82 Å². The lowest BCUT2D eigenvalue weighted by Gasteiger charge is -2.10. The van der Waals surface area contributed by atoms with Gasteiger partial charge < -0.3 is 5.32 Å². The average molecular weight is 243 g/mol. The normalized spacial score (nSPS) is 10.1. The Morgan fingerprint density at radius 2 is 1.94 bits per heavy atom. The number of para-hydroxylation sites is 1. The molecule has 18 heavy (non-hydrogen) atoms. The van der Waals surface area contributed by atoms with Crippen molar-refractivity contribution in [3.05, 3.63) is 65.5 Å². The summed E-state index contributed by atoms with van der Waals surface area (Å²) in [5.41, 5.74) is 2.26. The van der Waals surface area contributed by atoms with Gasteiger partial charge in [0, 0.05) is 17.8 Å². The number of rotatable bonds is 4. The number of benzene rings is 2. The highest BCUT2D eigenvalue weighted by Gasteiger charge is 2.05. The fraction of sp³-hybridized carbons (Fsp3) is 0.133. The summed E-state index contributed by atoms with van der Waals surface area (Å²) < 4.78 is 13.0. The van der Waals surface area contributed by atoms with Crippen LogP contribution in [-0.4, -0.2) is 5.78 Å². The average Bonchev–Trinajstić information content (AvgIpc) is 2.37. The number of carbonyl (C=O) groups is 1. The first-order valence-corrected chi connectivity index (χ1v) is 5.75. The predicted octanol–water partition coefficient (Wildman–Crippen LogP) is 3.64. The molecule has 2 rings (SSSR count). The standard InChI is InChI=1S/C15H14FNO/c1-11(18)14-7-2-3-8-15(14)17-10-12-5-4-6-13(16)9-12/h2-9,17H,10H2,1H3. The molecule has 92 valence electrons. The fourth-order valence-electron chi connectivity index (χ4n) is 1.79. The number of nitrogens with one attached hydrogen (secondary N) is 1. The maximum Gasteiger partial charge on any atom is 0.161 e. The Hall–Kier alpha value is -2.16. The summed E-state index contributed by atoms with van der Waals surface area (Å²) in [4.78, 5) is 11.4. The van der Waals surface area contributed by atoms with Crippen molar-refractivity contribution < 1.29 is 9.18 Å². The van der Waals surface area contributed by atoms with Crippen LogP contribution in [0.5, 0.6) is 0 Å². The van der Waals surface area contributed by atoms with E-state index in [1.54, 1.807) is 12.1 Å². The Morgan fingerprint density at radius 1 is 1.17 bits per heavy atom. The molecule has 0 unspecified atom stereocenters. The third-order valence-electron chi connectivity index (χ3n) is 2.68. The van der Waals surface area contributed by atoms with Crippen LogP contribution in [0.2, 0.25) is 0 Å². The molecular weight excluding hydrogens is 229 g/mol. The maximum atomic E-state index is 13.0. The maximum absolute atomic E-state index is 13.0. The van der Waals surface area contributed by atoms with Crippen molar-refractivity contribution in [2.24, 2.45) is 0 Å². The van der Waals surface area contributed by atoms with Gasteiger partial charge in [-0.2, -0.15) is 0 Å². The minimum atomic E-state index is -0.255. The van der Waals surface area contributed by atoms with Crippen molar-refractivity contribution in [2.75, 3.05) is 5.32 Å². The van der Waals surface area contributed by atoms with Gasteiger partial charge in [-0.3, -0.25) is 4.79 Å². The summed E-state index contributed by atoms with van der Waals surface area (Å²) in [5.74, 6) is -0.244. The molecule has 2 nitrogen and oxygen atoms in total. The summed E-state index contributed by atoms with van der Waals surface area (Å²) in [6, 6.07) is 13.7. The van der Waals surface area contributed by atoms with Gasteiger partial charge in [0.15, 0.2) is 5.78 Å². The summed E-state index contributed by atoms with van der Waals surface area (Å²) >= 11 is 0. The fourth-order valence-corrected chi connectivity index (χ4v) is 1.79. The number of hydrogen-bond donors (Lipinski definition) is 1. The Morgan fingerprint density at radius 3 is 2.67 bits per heavy atom. The molecular formula is C15H14FNO. The van der Waals surface area contributed by atoms with Crippen molar-refractivity contribution in [3.63, 3.8) is 0 Å². The lowest BCUT2D eigenvalue weighted by Crippen LogP contribution is -2.04. The number of Topliss-reactive ketones (excluding diaryl/α,β-unsaturated/α-hetero) is 1. The highest BCUT2D eigenvalue weighted by Crippen LogP contribution is 2.16. The van der Waals surface area contributed by atoms with Crippen LogP contribution in [0.1, 0.15) is 22.8 Å². The summed E-state index contributed by atoms with van der Waals surface area (Å²) in [6.45, 7) is 2.02. The zero-order valence-electron chi connectivity index (χ0n) is 10.1. The van der Waals surface area contributed by atoms with Gasteiger partial charge in [0.05, 0.1) is 0 Å². The van der Waals surface area contributed by atoms with Gasteiger partial charge in [-0.15, -0.1) is 0 Å². The highest BCUT2D eigenvalue weighted by molar-refractivity contribution is 5.99. The molecule has 2 aromatic rings. The molecule has 0 aliphatic carbocycles. The zero-order valence-corrected chi connectivity index (χ0v) is 10.1. The third-order valence-corrected chi connectivity index (χ3v) is 2.68. The van der Waals surface area contributed by atoms with Crippen molar-refractivity contribution in [2.45, 2.75) is 13.5 Å². The van der Waals surface area contributed by atoms with Gasteiger partial charge in [0.1, 0.15) is 5.82 Å². The predicted molar refractivity (Wildman–Crippen MR) is 70.2 cm³/mol. The van der Waals surface area contributed by atoms with E-state index < -0.39 is 0 Å². The molecule has 0 saturated heterocycles. The molecule has 0 aliphatic rings. The van der Waals surface area contributed by atoms with Gasteiger partial charge in [0.25, 0.3) is 0 Å². The summed E-state index contributed by atoms with van der Waals surface area (Å²) in [7, 11) is 0. The van der Waals surface area contributed by atoms with Gasteiger partial charge in [-0.25, -0.2) is 4.39 Å². The van der Waals surface area contributed by atoms with E-state index in [4.69, 9.17) is 0 Å². The molecule has 0 spiro atoms. The van der Waals surface area contributed by atoms with Crippen molar-refractivity contribution in [1.29, 1.82) is 0 Å². The monoisotopic (exact) mass is 243 g/mol. The van der Waals surface area contributed by atoms with E-state index in [1.165, 1.54) is 19.1 Å². The van der Waals surface area contributed by atoms with E-state index in [-0.39, 0.29) is 11.6 Å². The van der Waals surface area contributed by atoms with Gasteiger partial charge in [0.2, 0.25) is 0 Å². The van der Waals surface area contributed by atoms with Crippen LogP contribution in [0.25, 0.3) is 0 Å². The minimum absolute atomic E-state index is 0.0114. The first-order chi connectivity index (χ1) is 8.66. The van der Waals surface area contributed by atoms with E-state index in [2.05, 4.69) is 5.32 Å². The molecule has 0 bridgehead atoms. The Balaban J connectivity index is 2.13. The molecule has 0 saturated carbocycles. The molecule has 0 aromatic heterocycles. The molecule has 0 aliphatic heterocycles. The second kappa shape index (κ2) is 5.45. The second-order valence-electron chi connectivity index (χ2n) is 4.09. The van der Waals surface area contributed by atoms with Gasteiger partial charge >= 0.3 is 0 Å². The van der Waals surface area contributed by atoms with Crippen LogP contribution >= 0.6 is 0 Å². The van der Waals surface area contributed by atoms with E-state index in [1.807, 2.05) is 24.3 Å². The van der Waals surface area contributed by atoms with Gasteiger partial charge in [-0.05, 0) is 36.8 Å². The molecule has 0 fully saturated rings. The van der Waals surface area contributed by atoms with Crippen LogP contribution in [0.3, 0.4) is 0 Å². The quantitative estimate of drug-likeness (QED) is 0.830. The Bertz CT molecular complexity index is 566. The Labute approximate surface area is 105 Å². The smallest absolute Gasteiger partial charge is 0.161 e. The number of anilines is 1. The molecule has 0 heterocycles. The van der Waals surface area contributed by atoms with Crippen LogP contribution in [0.15, 0.2) is 48.5 Å². The zero-order chi connectivity index (χ0) is 13.0.